The first kappa shape index (κ1) is 11.0. The molecule has 1 fully saturated rings. The monoisotopic (exact) mass is 223 g/mol. The molecule has 2 heteroatoms. The molecule has 0 bridgehead atoms. The van der Waals surface area contributed by atoms with E-state index in [0.29, 0.717) is 12.0 Å². The minimum Gasteiger partial charge on any atom is -0.226 e. The Morgan fingerprint density at radius 3 is 2.47 bits per heavy atom. The second-order valence-corrected chi connectivity index (χ2v) is 4.97. The molecule has 1 atom stereocenters. The molecule has 0 heterocycles. The molecule has 82 valence electrons. The fourth-order valence-electron chi connectivity index (χ4n) is 1.97. The third-order valence-corrected chi connectivity index (χ3v) is 3.38. The van der Waals surface area contributed by atoms with Gasteiger partial charge in [-0.05, 0) is 47.6 Å². The number of hydrogen-bond acceptors (Lipinski definition) is 1. The van der Waals surface area contributed by atoms with E-state index in [0.717, 1.165) is 5.92 Å². The maximum Gasteiger partial charge on any atom is 0.0498 e. The second kappa shape index (κ2) is 4.54. The lowest BCUT2D eigenvalue weighted by Crippen LogP contribution is -2.13. The van der Waals surface area contributed by atoms with Crippen LogP contribution in [0.3, 0.4) is 0 Å². The summed E-state index contributed by atoms with van der Waals surface area (Å²) in [6, 6.07) is 9.11. The smallest absolute Gasteiger partial charge is 0.0498 e. The number of nitrogens with one attached hydrogen (secondary N) is 1. The number of benzene rings is 1. The Morgan fingerprint density at radius 2 is 1.93 bits per heavy atom. The van der Waals surface area contributed by atoms with Crippen LogP contribution in [0.1, 0.15) is 49.8 Å². The van der Waals surface area contributed by atoms with Crippen molar-refractivity contribution in [1.29, 1.82) is 0 Å². The van der Waals surface area contributed by atoms with Crippen LogP contribution in [-0.4, -0.2) is 0 Å². The van der Waals surface area contributed by atoms with E-state index in [1.54, 1.807) is 0 Å². The predicted molar refractivity (Wildman–Crippen MR) is 65.0 cm³/mol. The molecule has 1 N–H and O–H groups in total. The van der Waals surface area contributed by atoms with Crippen LogP contribution < -0.4 is 4.84 Å². The summed E-state index contributed by atoms with van der Waals surface area (Å²) < 4.78 is 0. The first-order chi connectivity index (χ1) is 7.22. The molecule has 0 unspecified atom stereocenters. The van der Waals surface area contributed by atoms with Crippen LogP contribution in [0.25, 0.3) is 0 Å². The minimum atomic E-state index is 0.338. The molecule has 1 aliphatic rings. The lowest BCUT2D eigenvalue weighted by molar-refractivity contribution is 0.586. The van der Waals surface area contributed by atoms with Gasteiger partial charge in [-0.3, -0.25) is 0 Å². The van der Waals surface area contributed by atoms with E-state index < -0.39 is 0 Å². The number of rotatable bonds is 4. The summed E-state index contributed by atoms with van der Waals surface area (Å²) in [5, 5.41) is 0. The van der Waals surface area contributed by atoms with Crippen molar-refractivity contribution < 1.29 is 0 Å². The summed E-state index contributed by atoms with van der Waals surface area (Å²) in [5.74, 6) is 1.32. The molecule has 2 rings (SSSR count). The fraction of sp³-hybridized carbons (Fsp3) is 0.538. The van der Waals surface area contributed by atoms with Gasteiger partial charge in [-0.2, -0.15) is 0 Å². The summed E-state index contributed by atoms with van der Waals surface area (Å²) in [6.45, 7) is 4.44. The highest BCUT2D eigenvalue weighted by atomic mass is 35.5. The molecular formula is C13H18ClN. The van der Waals surface area contributed by atoms with E-state index in [9.17, 15) is 0 Å². The lowest BCUT2D eigenvalue weighted by atomic mass is 9.96. The molecule has 1 aliphatic carbocycles. The van der Waals surface area contributed by atoms with Crippen LogP contribution >= 0.6 is 11.8 Å². The van der Waals surface area contributed by atoms with Gasteiger partial charge in [-0.1, -0.05) is 38.1 Å². The van der Waals surface area contributed by atoms with Crippen LogP contribution in [0.5, 0.6) is 0 Å². The highest BCUT2D eigenvalue weighted by Crippen LogP contribution is 2.41. The molecule has 0 amide bonds. The lowest BCUT2D eigenvalue weighted by Gasteiger charge is -2.16. The zero-order valence-corrected chi connectivity index (χ0v) is 10.1. The molecule has 0 radical (unpaired) electrons. The predicted octanol–water partition coefficient (Wildman–Crippen LogP) is 4.00. The third-order valence-electron chi connectivity index (χ3n) is 3.15. The average Bonchev–Trinajstić information content (AvgIpc) is 3.04. The van der Waals surface area contributed by atoms with E-state index in [-0.39, 0.29) is 0 Å². The van der Waals surface area contributed by atoms with Gasteiger partial charge in [-0.15, -0.1) is 0 Å². The van der Waals surface area contributed by atoms with Crippen molar-refractivity contribution >= 4 is 11.8 Å². The zero-order chi connectivity index (χ0) is 10.8. The fourth-order valence-corrected chi connectivity index (χ4v) is 2.27. The van der Waals surface area contributed by atoms with Crippen molar-refractivity contribution in [2.24, 2.45) is 5.92 Å². The second-order valence-electron chi connectivity index (χ2n) is 4.75. The van der Waals surface area contributed by atoms with Crippen molar-refractivity contribution in [2.75, 3.05) is 0 Å². The van der Waals surface area contributed by atoms with Crippen molar-refractivity contribution in [3.05, 3.63) is 35.4 Å². The topological polar surface area (TPSA) is 12.0 Å². The van der Waals surface area contributed by atoms with Gasteiger partial charge in [0.25, 0.3) is 0 Å². The molecule has 0 spiro atoms. The Labute approximate surface area is 96.9 Å². The molecule has 1 aromatic rings. The SMILES string of the molecule is CC(C)c1cccc([C@@H](NCl)C2CC2)c1. The van der Waals surface area contributed by atoms with Crippen LogP contribution in [0.15, 0.2) is 24.3 Å². The average molecular weight is 224 g/mol. The Morgan fingerprint density at radius 1 is 1.27 bits per heavy atom. The van der Waals surface area contributed by atoms with Crippen LogP contribution in [0.4, 0.5) is 0 Å². The summed E-state index contributed by atoms with van der Waals surface area (Å²) in [5.41, 5.74) is 2.73. The van der Waals surface area contributed by atoms with Gasteiger partial charge >= 0.3 is 0 Å². The van der Waals surface area contributed by atoms with Gasteiger partial charge in [0.15, 0.2) is 0 Å². The standard InChI is InChI=1S/C13H18ClN/c1-9(2)11-4-3-5-12(8-11)13(15-14)10-6-7-10/h3-5,8-10,13,15H,6-7H2,1-2H3/t13-/m0/s1. The summed E-state index contributed by atoms with van der Waals surface area (Å²) in [7, 11) is 0. The number of hydrogen-bond donors (Lipinski definition) is 1. The van der Waals surface area contributed by atoms with Crippen molar-refractivity contribution in [2.45, 2.75) is 38.6 Å². The van der Waals surface area contributed by atoms with E-state index in [2.05, 4.69) is 42.9 Å². The Hall–Kier alpha value is -0.530. The molecular weight excluding hydrogens is 206 g/mol. The molecule has 1 saturated carbocycles. The number of halogens is 1. The summed E-state index contributed by atoms with van der Waals surface area (Å²) in [6.07, 6.45) is 2.60. The Balaban J connectivity index is 2.22. The van der Waals surface area contributed by atoms with Crippen LogP contribution in [-0.2, 0) is 0 Å². The maximum absolute atomic E-state index is 5.82. The zero-order valence-electron chi connectivity index (χ0n) is 9.33. The normalized spacial score (nSPS) is 18.1. The first-order valence-corrected chi connectivity index (χ1v) is 6.06. The molecule has 0 aromatic heterocycles. The first-order valence-electron chi connectivity index (χ1n) is 5.68. The van der Waals surface area contributed by atoms with Crippen LogP contribution in [0.2, 0.25) is 0 Å². The van der Waals surface area contributed by atoms with Crippen molar-refractivity contribution in [3.8, 4) is 0 Å². The highest BCUT2D eigenvalue weighted by molar-refractivity contribution is 6.13. The summed E-state index contributed by atoms with van der Waals surface area (Å²) in [4.78, 5) is 2.92. The van der Waals surface area contributed by atoms with E-state index >= 15 is 0 Å². The highest BCUT2D eigenvalue weighted by Gasteiger charge is 2.31. The van der Waals surface area contributed by atoms with Gasteiger partial charge in [0.2, 0.25) is 0 Å². The van der Waals surface area contributed by atoms with Crippen LogP contribution in [0, 0.1) is 5.92 Å². The van der Waals surface area contributed by atoms with Gasteiger partial charge in [0.05, 0.1) is 0 Å². The summed E-state index contributed by atoms with van der Waals surface area (Å²) >= 11 is 5.82. The maximum atomic E-state index is 5.82. The van der Waals surface area contributed by atoms with E-state index in [1.165, 1.54) is 24.0 Å². The largest absolute Gasteiger partial charge is 0.226 e. The Kier molecular flexibility index (Phi) is 3.32. The van der Waals surface area contributed by atoms with E-state index in [4.69, 9.17) is 11.8 Å². The third kappa shape index (κ3) is 2.53. The quantitative estimate of drug-likeness (QED) is 0.761. The van der Waals surface area contributed by atoms with E-state index in [1.807, 2.05) is 0 Å². The minimum absolute atomic E-state index is 0.338. The molecule has 0 aliphatic heterocycles. The van der Waals surface area contributed by atoms with Gasteiger partial charge in [-0.25, -0.2) is 4.84 Å². The van der Waals surface area contributed by atoms with Crippen molar-refractivity contribution in [1.82, 2.24) is 4.84 Å². The molecule has 15 heavy (non-hydrogen) atoms. The van der Waals surface area contributed by atoms with Gasteiger partial charge < -0.3 is 0 Å². The molecule has 0 saturated heterocycles. The Bertz CT molecular complexity index is 331. The van der Waals surface area contributed by atoms with Gasteiger partial charge in [0.1, 0.15) is 0 Å². The van der Waals surface area contributed by atoms with Gasteiger partial charge in [0, 0.05) is 6.04 Å². The molecule has 1 aromatic carbocycles. The molecule has 1 nitrogen and oxygen atoms in total. The van der Waals surface area contributed by atoms with Crippen molar-refractivity contribution in [3.63, 3.8) is 0 Å².